The molecule has 2 N–H and O–H groups in total. The Morgan fingerprint density at radius 3 is 2.00 bits per heavy atom. The van der Waals surface area contributed by atoms with E-state index in [2.05, 4.69) is 0 Å². The van der Waals surface area contributed by atoms with Crippen LogP contribution in [0.3, 0.4) is 0 Å². The summed E-state index contributed by atoms with van der Waals surface area (Å²) >= 11 is 0. The summed E-state index contributed by atoms with van der Waals surface area (Å²) in [6.07, 6.45) is 3.03. The summed E-state index contributed by atoms with van der Waals surface area (Å²) in [5, 5.41) is 17.7. The molecule has 7 heteroatoms. The Balaban J connectivity index is 1.72. The van der Waals surface area contributed by atoms with Gasteiger partial charge in [0.05, 0.1) is 6.10 Å². The number of hydrogen-bond acceptors (Lipinski definition) is 4. The minimum absolute atomic E-state index is 0.0584. The number of carbonyl (C=O) groups is 2. The number of carbonyl (C=O) groups excluding carboxylic acids is 1. The average Bonchev–Trinajstić information content (AvgIpc) is 2.53. The second-order valence-corrected chi connectivity index (χ2v) is 5.79. The first-order valence-electron chi connectivity index (χ1n) is 7.58. The molecule has 2 saturated heterocycles. The van der Waals surface area contributed by atoms with Crippen molar-refractivity contribution in [3.8, 4) is 0 Å². The van der Waals surface area contributed by atoms with E-state index in [0.29, 0.717) is 44.9 Å². The third-order valence-corrected chi connectivity index (χ3v) is 4.30. The zero-order chi connectivity index (χ0) is 15.2. The molecule has 0 aliphatic carbocycles. The van der Waals surface area contributed by atoms with E-state index in [9.17, 15) is 9.59 Å². The van der Waals surface area contributed by atoms with Crippen molar-refractivity contribution in [2.24, 2.45) is 5.92 Å². The Morgan fingerprint density at radius 2 is 1.52 bits per heavy atom. The van der Waals surface area contributed by atoms with Crippen molar-refractivity contribution in [2.75, 3.05) is 39.4 Å². The smallest absolute Gasteiger partial charge is 0.329 e. The summed E-state index contributed by atoms with van der Waals surface area (Å²) in [4.78, 5) is 26.5. The molecule has 0 unspecified atom stereocenters. The molecule has 2 heterocycles. The van der Waals surface area contributed by atoms with Crippen LogP contribution in [-0.2, 0) is 9.53 Å². The van der Waals surface area contributed by atoms with Crippen LogP contribution in [0, 0.1) is 5.92 Å². The molecule has 0 aromatic carbocycles. The van der Waals surface area contributed by atoms with Crippen molar-refractivity contribution < 1.29 is 24.5 Å². The molecule has 2 rings (SSSR count). The fourth-order valence-corrected chi connectivity index (χ4v) is 2.91. The number of aliphatic hydroxyl groups is 1. The number of piperidine rings is 2. The molecule has 2 amide bonds. The van der Waals surface area contributed by atoms with Gasteiger partial charge in [-0.3, -0.25) is 0 Å². The Kier molecular flexibility index (Phi) is 5.81. The van der Waals surface area contributed by atoms with Gasteiger partial charge in [-0.25, -0.2) is 9.59 Å². The molecule has 7 nitrogen and oxygen atoms in total. The molecular weight excluding hydrogens is 276 g/mol. The minimum Gasteiger partial charge on any atom is -0.480 e. The molecule has 2 aliphatic rings. The molecule has 0 atom stereocenters. The lowest BCUT2D eigenvalue weighted by atomic mass is 9.98. The lowest BCUT2D eigenvalue weighted by Crippen LogP contribution is -2.50. The number of nitrogens with zero attached hydrogens (tertiary/aromatic N) is 2. The third kappa shape index (κ3) is 4.57. The highest BCUT2D eigenvalue weighted by molar-refractivity contribution is 5.74. The average molecular weight is 300 g/mol. The third-order valence-electron chi connectivity index (χ3n) is 4.30. The van der Waals surface area contributed by atoms with Gasteiger partial charge < -0.3 is 24.7 Å². The number of carboxylic acids is 1. The van der Waals surface area contributed by atoms with E-state index < -0.39 is 5.97 Å². The van der Waals surface area contributed by atoms with E-state index in [-0.39, 0.29) is 25.3 Å². The van der Waals surface area contributed by atoms with Crippen molar-refractivity contribution in [2.45, 2.75) is 31.8 Å². The number of ether oxygens (including phenoxy) is 1. The highest BCUT2D eigenvalue weighted by Crippen LogP contribution is 2.20. The minimum atomic E-state index is -0.958. The van der Waals surface area contributed by atoms with E-state index in [1.165, 1.54) is 0 Å². The molecule has 0 saturated carbocycles. The predicted molar refractivity (Wildman–Crippen MR) is 75.0 cm³/mol. The number of hydrogen-bond donors (Lipinski definition) is 2. The number of amides is 2. The summed E-state index contributed by atoms with van der Waals surface area (Å²) < 4.78 is 5.27. The van der Waals surface area contributed by atoms with Gasteiger partial charge in [-0.05, 0) is 31.6 Å². The lowest BCUT2D eigenvalue weighted by Gasteiger charge is -2.38. The largest absolute Gasteiger partial charge is 0.480 e. The molecule has 0 aromatic heterocycles. The molecule has 0 bridgehead atoms. The van der Waals surface area contributed by atoms with Crippen molar-refractivity contribution in [1.29, 1.82) is 0 Å². The first kappa shape index (κ1) is 16.0. The molecule has 120 valence electrons. The van der Waals surface area contributed by atoms with E-state index in [1.54, 1.807) is 0 Å². The van der Waals surface area contributed by atoms with E-state index >= 15 is 0 Å². The molecular formula is C14H24N2O5. The number of aliphatic carboxylic acids is 1. The Morgan fingerprint density at radius 1 is 1.00 bits per heavy atom. The first-order valence-corrected chi connectivity index (χ1v) is 7.58. The maximum Gasteiger partial charge on any atom is 0.329 e. The normalized spacial score (nSPS) is 21.6. The van der Waals surface area contributed by atoms with Crippen LogP contribution in [0.1, 0.15) is 25.7 Å². The van der Waals surface area contributed by atoms with Gasteiger partial charge in [0.2, 0.25) is 0 Å². The van der Waals surface area contributed by atoms with Crippen molar-refractivity contribution in [1.82, 2.24) is 9.80 Å². The summed E-state index contributed by atoms with van der Waals surface area (Å²) in [6, 6.07) is 0.0584. The van der Waals surface area contributed by atoms with E-state index in [4.69, 9.17) is 14.9 Å². The van der Waals surface area contributed by atoms with Gasteiger partial charge in [-0.2, -0.15) is 0 Å². The van der Waals surface area contributed by atoms with Crippen LogP contribution in [0.4, 0.5) is 4.79 Å². The zero-order valence-corrected chi connectivity index (χ0v) is 12.2. The van der Waals surface area contributed by atoms with Gasteiger partial charge in [0, 0.05) is 32.8 Å². The summed E-state index contributed by atoms with van der Waals surface area (Å²) in [5.41, 5.74) is 0. The van der Waals surface area contributed by atoms with E-state index in [1.807, 2.05) is 9.80 Å². The number of urea groups is 1. The molecule has 0 radical (unpaired) electrons. The topological polar surface area (TPSA) is 90.3 Å². The number of aliphatic hydroxyl groups excluding tert-OH is 1. The second-order valence-electron chi connectivity index (χ2n) is 5.79. The maximum atomic E-state index is 12.4. The highest BCUT2D eigenvalue weighted by atomic mass is 16.5. The van der Waals surface area contributed by atoms with Gasteiger partial charge in [0.1, 0.15) is 6.61 Å². The van der Waals surface area contributed by atoms with Gasteiger partial charge in [-0.1, -0.05) is 0 Å². The molecule has 0 spiro atoms. The van der Waals surface area contributed by atoms with Gasteiger partial charge in [0.15, 0.2) is 0 Å². The predicted octanol–water partition coefficient (Wildman–Crippen LogP) is 0.376. The zero-order valence-electron chi connectivity index (χ0n) is 12.2. The number of rotatable bonds is 4. The van der Waals surface area contributed by atoms with Crippen molar-refractivity contribution >= 4 is 12.0 Å². The number of carboxylic acid groups (broad SMARTS) is 1. The van der Waals surface area contributed by atoms with Crippen LogP contribution in [0.5, 0.6) is 0 Å². The quantitative estimate of drug-likeness (QED) is 0.783. The van der Waals surface area contributed by atoms with Crippen molar-refractivity contribution in [3.05, 3.63) is 0 Å². The summed E-state index contributed by atoms with van der Waals surface area (Å²) in [7, 11) is 0. The van der Waals surface area contributed by atoms with Crippen molar-refractivity contribution in [3.63, 3.8) is 0 Å². The SMILES string of the molecule is O=C(O)COC1CCN(C(=O)N2CCC(CO)CC2)CC1. The van der Waals surface area contributed by atoms with Crippen LogP contribution in [0.25, 0.3) is 0 Å². The highest BCUT2D eigenvalue weighted by Gasteiger charge is 2.29. The van der Waals surface area contributed by atoms with Crippen LogP contribution in [-0.4, -0.2) is 77.5 Å². The van der Waals surface area contributed by atoms with E-state index in [0.717, 1.165) is 12.8 Å². The van der Waals surface area contributed by atoms with Gasteiger partial charge in [-0.15, -0.1) is 0 Å². The molecule has 21 heavy (non-hydrogen) atoms. The Hall–Kier alpha value is -1.34. The van der Waals surface area contributed by atoms with Crippen LogP contribution in [0.15, 0.2) is 0 Å². The Bertz CT molecular complexity index is 360. The van der Waals surface area contributed by atoms with Gasteiger partial charge in [0.25, 0.3) is 0 Å². The molecule has 0 aromatic rings. The second kappa shape index (κ2) is 7.61. The van der Waals surface area contributed by atoms with Crippen LogP contribution in [0.2, 0.25) is 0 Å². The fraction of sp³-hybridized carbons (Fsp3) is 0.857. The van der Waals surface area contributed by atoms with Gasteiger partial charge >= 0.3 is 12.0 Å². The monoisotopic (exact) mass is 300 g/mol. The lowest BCUT2D eigenvalue weighted by molar-refractivity contribution is -0.145. The summed E-state index contributed by atoms with van der Waals surface area (Å²) in [5.74, 6) is -0.635. The standard InChI is InChI=1S/C14H24N2O5/c17-9-11-1-5-15(6-2-11)14(20)16-7-3-12(4-8-16)21-10-13(18)19/h11-12,17H,1-10H2,(H,18,19). The number of likely N-dealkylation sites (tertiary alicyclic amines) is 2. The molecule has 2 aliphatic heterocycles. The maximum absolute atomic E-state index is 12.4. The first-order chi connectivity index (χ1) is 10.1. The molecule has 2 fully saturated rings. The van der Waals surface area contributed by atoms with Crippen LogP contribution >= 0.6 is 0 Å². The van der Waals surface area contributed by atoms with Crippen LogP contribution < -0.4 is 0 Å². The summed E-state index contributed by atoms with van der Waals surface area (Å²) in [6.45, 7) is 2.58. The Labute approximate surface area is 124 Å². The fourth-order valence-electron chi connectivity index (χ4n) is 2.91.